The quantitative estimate of drug-likeness (QED) is 0.360. The Morgan fingerprint density at radius 2 is 1.50 bits per heavy atom. The second-order valence-corrected chi connectivity index (χ2v) is 10.2. The van der Waals surface area contributed by atoms with Crippen LogP contribution in [0, 0.1) is 4.91 Å². The number of nitroso groups, excluding NO2 is 1. The van der Waals surface area contributed by atoms with Gasteiger partial charge in [0.1, 0.15) is 0 Å². The van der Waals surface area contributed by atoms with Gasteiger partial charge in [0.2, 0.25) is 0 Å². The molecule has 0 atom stereocenters. The number of alkyl halides is 3. The molecule has 138 valence electrons. The molecule has 0 fully saturated rings. The average molecular weight is 499 g/mol. The van der Waals surface area contributed by atoms with Crippen LogP contribution in [-0.4, -0.2) is 56.1 Å². The number of ether oxygens (including phenoxy) is 2. The van der Waals surface area contributed by atoms with Crippen LogP contribution in [0.25, 0.3) is 5.70 Å². The number of carbonyl (C=O) groups excluding carboxylic acids is 2. The molecule has 11 heteroatoms. The van der Waals surface area contributed by atoms with Crippen molar-refractivity contribution in [2.24, 2.45) is 5.18 Å². The molecule has 26 heavy (non-hydrogen) atoms. The first-order valence-corrected chi connectivity index (χ1v) is 10.2. The number of hydrogen-bond acceptors (Lipinski definition) is 6. The fourth-order valence-corrected chi connectivity index (χ4v) is 8.49. The van der Waals surface area contributed by atoms with E-state index >= 15 is 0 Å². The molecule has 6 nitrogen and oxygen atoms in total. The maximum atomic E-state index is 13.2. The summed E-state index contributed by atoms with van der Waals surface area (Å²) in [7, 11) is 2.24. The summed E-state index contributed by atoms with van der Waals surface area (Å²) in [4.78, 5) is 35.1. The van der Waals surface area contributed by atoms with E-state index in [1.165, 1.54) is 12.1 Å². The molecule has 0 spiro atoms. The second-order valence-electron chi connectivity index (χ2n) is 4.62. The first kappa shape index (κ1) is 20.4. The fraction of sp³-hybridized carbons (Fsp3) is 0.200. The van der Waals surface area contributed by atoms with Gasteiger partial charge in [0.15, 0.2) is 0 Å². The van der Waals surface area contributed by atoms with E-state index in [0.29, 0.717) is 0 Å². The fourth-order valence-electron chi connectivity index (χ4n) is 1.98. The van der Waals surface area contributed by atoms with Gasteiger partial charge in [-0.15, -0.1) is 0 Å². The Bertz CT molecular complexity index is 803. The SMILES string of the molecule is COC(=O)C1=C(C(=O)OC)[Se]C(=C(N=O)c2ccccc2C(F)(F)F)[Se]1. The summed E-state index contributed by atoms with van der Waals surface area (Å²) in [6, 6.07) is 4.52. The first-order valence-electron chi connectivity index (χ1n) is 6.75. The predicted molar refractivity (Wildman–Crippen MR) is 86.7 cm³/mol. The van der Waals surface area contributed by atoms with Gasteiger partial charge < -0.3 is 0 Å². The molecule has 1 aromatic carbocycles. The van der Waals surface area contributed by atoms with Crippen molar-refractivity contribution in [3.05, 3.63) is 52.6 Å². The molecule has 0 saturated carbocycles. The van der Waals surface area contributed by atoms with Gasteiger partial charge in [0, 0.05) is 0 Å². The molecule has 0 amide bonds. The van der Waals surface area contributed by atoms with Gasteiger partial charge in [-0.2, -0.15) is 0 Å². The van der Waals surface area contributed by atoms with E-state index in [-0.39, 0.29) is 17.9 Å². The van der Waals surface area contributed by atoms with E-state index in [2.05, 4.69) is 14.7 Å². The zero-order valence-electron chi connectivity index (χ0n) is 13.2. The molecule has 1 aromatic rings. The number of halogens is 3. The van der Waals surface area contributed by atoms with Crippen molar-refractivity contribution in [2.75, 3.05) is 14.2 Å². The van der Waals surface area contributed by atoms with E-state index in [9.17, 15) is 27.7 Å². The van der Waals surface area contributed by atoms with Gasteiger partial charge in [-0.05, 0) is 0 Å². The van der Waals surface area contributed by atoms with Gasteiger partial charge >= 0.3 is 158 Å². The normalized spacial score (nSPS) is 14.3. The Kier molecular flexibility index (Phi) is 6.41. The third kappa shape index (κ3) is 4.07. The monoisotopic (exact) mass is 501 g/mol. The number of methoxy groups -OCH3 is 2. The Morgan fingerprint density at radius 3 is 1.92 bits per heavy atom. The van der Waals surface area contributed by atoms with Crippen LogP contribution in [0.4, 0.5) is 13.2 Å². The van der Waals surface area contributed by atoms with Crippen LogP contribution in [-0.2, 0) is 25.2 Å². The van der Waals surface area contributed by atoms with Crippen molar-refractivity contribution < 1.29 is 32.2 Å². The molecule has 1 aliphatic rings. The van der Waals surface area contributed by atoms with Crippen LogP contribution in [0.1, 0.15) is 11.1 Å². The van der Waals surface area contributed by atoms with Crippen molar-refractivity contribution >= 4 is 47.5 Å². The zero-order chi connectivity index (χ0) is 19.5. The molecule has 0 N–H and O–H groups in total. The van der Waals surface area contributed by atoms with Crippen molar-refractivity contribution in [1.29, 1.82) is 0 Å². The summed E-state index contributed by atoms with van der Waals surface area (Å²) in [5.74, 6) is -1.56. The molecular weight excluding hydrogens is 489 g/mol. The topological polar surface area (TPSA) is 82.0 Å². The molecule has 0 bridgehead atoms. The van der Waals surface area contributed by atoms with E-state index < -0.39 is 59.3 Å². The van der Waals surface area contributed by atoms with Crippen molar-refractivity contribution in [3.8, 4) is 0 Å². The molecule has 1 aliphatic heterocycles. The average Bonchev–Trinajstić information content (AvgIpc) is 3.05. The Balaban J connectivity index is 2.59. The summed E-state index contributed by atoms with van der Waals surface area (Å²) < 4.78 is 49.2. The molecular formula is C15H10F3NO5Se2. The van der Waals surface area contributed by atoms with Gasteiger partial charge in [-0.3, -0.25) is 0 Å². The number of hydrogen-bond donors (Lipinski definition) is 0. The molecule has 0 aliphatic carbocycles. The Hall–Kier alpha value is -1.93. The van der Waals surface area contributed by atoms with Gasteiger partial charge in [-0.1, -0.05) is 0 Å². The minimum absolute atomic E-state index is 0.0208. The molecule has 1 heterocycles. The van der Waals surface area contributed by atoms with Crippen LogP contribution in [0.15, 0.2) is 41.8 Å². The van der Waals surface area contributed by atoms with Crippen molar-refractivity contribution in [1.82, 2.24) is 0 Å². The summed E-state index contributed by atoms with van der Waals surface area (Å²) in [6.07, 6.45) is -4.69. The molecule has 0 unspecified atom stereocenters. The summed E-state index contributed by atoms with van der Waals surface area (Å²) in [6.45, 7) is 0. The van der Waals surface area contributed by atoms with Crippen LogP contribution in [0.5, 0.6) is 0 Å². The van der Waals surface area contributed by atoms with E-state index in [0.717, 1.165) is 26.4 Å². The minimum atomic E-state index is -4.69. The van der Waals surface area contributed by atoms with E-state index in [4.69, 9.17) is 0 Å². The third-order valence-electron chi connectivity index (χ3n) is 3.11. The number of esters is 2. The van der Waals surface area contributed by atoms with E-state index in [1.807, 2.05) is 0 Å². The molecule has 0 aromatic heterocycles. The summed E-state index contributed by atoms with van der Waals surface area (Å²) in [5, 5.41) is 2.78. The third-order valence-corrected chi connectivity index (χ3v) is 9.58. The van der Waals surface area contributed by atoms with Gasteiger partial charge in [0.05, 0.1) is 0 Å². The van der Waals surface area contributed by atoms with Crippen LogP contribution in [0.3, 0.4) is 0 Å². The maximum absolute atomic E-state index is 13.2. The standard InChI is InChI=1S/C15H10F3NO5Se2/c1-23-12(20)10-11(13(21)24-2)26-14(25-10)9(19-22)7-5-3-4-6-8(7)15(16,17)18/h3-6H,1-2H3. The van der Waals surface area contributed by atoms with Gasteiger partial charge in [0.25, 0.3) is 0 Å². The summed E-state index contributed by atoms with van der Waals surface area (Å²) in [5.41, 5.74) is -1.80. The number of benzene rings is 1. The molecule has 0 radical (unpaired) electrons. The number of carbonyl (C=O) groups is 2. The van der Waals surface area contributed by atoms with Crippen LogP contribution >= 0.6 is 0 Å². The zero-order valence-corrected chi connectivity index (χ0v) is 16.7. The number of nitrogens with zero attached hydrogens (tertiary/aromatic N) is 1. The van der Waals surface area contributed by atoms with Crippen LogP contribution < -0.4 is 0 Å². The molecule has 0 saturated heterocycles. The van der Waals surface area contributed by atoms with Crippen LogP contribution in [0.2, 0.25) is 0 Å². The first-order chi connectivity index (χ1) is 12.2. The Labute approximate surface area is 158 Å². The second kappa shape index (κ2) is 8.18. The van der Waals surface area contributed by atoms with Crippen molar-refractivity contribution in [3.63, 3.8) is 0 Å². The van der Waals surface area contributed by atoms with Crippen molar-refractivity contribution in [2.45, 2.75) is 6.18 Å². The van der Waals surface area contributed by atoms with Gasteiger partial charge in [-0.25, -0.2) is 0 Å². The van der Waals surface area contributed by atoms with E-state index in [1.54, 1.807) is 0 Å². The Morgan fingerprint density at radius 1 is 1.00 bits per heavy atom. The predicted octanol–water partition coefficient (Wildman–Crippen LogP) is 2.08. The molecule has 2 rings (SSSR count). The number of rotatable bonds is 4. The summed E-state index contributed by atoms with van der Waals surface area (Å²) >= 11 is -1.75.